The largest absolute Gasteiger partial charge is 0.381 e. The minimum absolute atomic E-state index is 0.0539. The molecule has 0 aliphatic heterocycles. The van der Waals surface area contributed by atoms with E-state index < -0.39 is 10.1 Å². The lowest BCUT2D eigenvalue weighted by molar-refractivity contribution is 0.0749. The van der Waals surface area contributed by atoms with Crippen molar-refractivity contribution < 1.29 is 17.3 Å². The number of aryl methyl sites for hydroxylation is 1. The monoisotopic (exact) mass is 286 g/mol. The van der Waals surface area contributed by atoms with Gasteiger partial charge in [-0.05, 0) is 31.9 Å². The number of benzene rings is 1. The van der Waals surface area contributed by atoms with E-state index in [1.165, 1.54) is 0 Å². The lowest BCUT2D eigenvalue weighted by Gasteiger charge is -2.14. The van der Waals surface area contributed by atoms with E-state index in [1.54, 1.807) is 31.4 Å². The van der Waals surface area contributed by atoms with Gasteiger partial charge in [0.15, 0.2) is 0 Å². The molecule has 0 spiro atoms. The molecule has 1 atom stereocenters. The van der Waals surface area contributed by atoms with Crippen LogP contribution in [0.2, 0.25) is 0 Å². The highest BCUT2D eigenvalue weighted by molar-refractivity contribution is 7.86. The second-order valence-electron chi connectivity index (χ2n) is 4.52. The van der Waals surface area contributed by atoms with Crippen LogP contribution in [0.15, 0.2) is 29.2 Å². The predicted octanol–water partition coefficient (Wildman–Crippen LogP) is 2.91. The Morgan fingerprint density at radius 2 is 1.79 bits per heavy atom. The molecule has 0 amide bonds. The van der Waals surface area contributed by atoms with Crippen LogP contribution in [0, 0.1) is 6.92 Å². The zero-order valence-electron chi connectivity index (χ0n) is 11.8. The normalized spacial score (nSPS) is 13.4. The van der Waals surface area contributed by atoms with Crippen molar-refractivity contribution in [3.63, 3.8) is 0 Å². The highest BCUT2D eigenvalue weighted by Gasteiger charge is 2.16. The summed E-state index contributed by atoms with van der Waals surface area (Å²) >= 11 is 0. The summed E-state index contributed by atoms with van der Waals surface area (Å²) in [5.74, 6) is 0. The average molecular weight is 286 g/mol. The third-order valence-corrected chi connectivity index (χ3v) is 4.26. The smallest absolute Gasteiger partial charge is 0.296 e. The van der Waals surface area contributed by atoms with Crippen molar-refractivity contribution in [2.24, 2.45) is 0 Å². The first-order chi connectivity index (χ1) is 8.99. The first-order valence-electron chi connectivity index (χ1n) is 6.48. The fourth-order valence-corrected chi connectivity index (χ4v) is 2.69. The van der Waals surface area contributed by atoms with E-state index in [4.69, 9.17) is 8.92 Å². The molecular weight excluding hydrogens is 264 g/mol. The Bertz CT molecular complexity index is 465. The topological polar surface area (TPSA) is 52.6 Å². The van der Waals surface area contributed by atoms with E-state index in [2.05, 4.69) is 6.92 Å². The van der Waals surface area contributed by atoms with Crippen LogP contribution in [-0.4, -0.2) is 28.2 Å². The molecule has 0 fully saturated rings. The summed E-state index contributed by atoms with van der Waals surface area (Å²) in [6.07, 6.45) is 2.54. The Morgan fingerprint density at radius 1 is 1.16 bits per heavy atom. The Hall–Kier alpha value is -0.910. The summed E-state index contributed by atoms with van der Waals surface area (Å²) in [5, 5.41) is 0. The lowest BCUT2D eigenvalue weighted by atomic mass is 10.1. The van der Waals surface area contributed by atoms with Crippen molar-refractivity contribution in [3.8, 4) is 0 Å². The molecule has 0 saturated carbocycles. The molecule has 108 valence electrons. The molecule has 1 aromatic carbocycles. The third-order valence-electron chi connectivity index (χ3n) is 2.93. The van der Waals surface area contributed by atoms with Gasteiger partial charge in [0.05, 0.1) is 17.6 Å². The number of rotatable bonds is 8. The van der Waals surface area contributed by atoms with Crippen molar-refractivity contribution in [1.29, 1.82) is 0 Å². The van der Waals surface area contributed by atoms with Gasteiger partial charge in [0.25, 0.3) is 10.1 Å². The van der Waals surface area contributed by atoms with Crippen LogP contribution in [0.1, 0.15) is 31.7 Å². The second-order valence-corrected chi connectivity index (χ2v) is 6.14. The third kappa shape index (κ3) is 5.30. The van der Waals surface area contributed by atoms with Crippen molar-refractivity contribution in [3.05, 3.63) is 29.8 Å². The fraction of sp³-hybridized carbons (Fsp3) is 0.571. The first-order valence-corrected chi connectivity index (χ1v) is 7.89. The van der Waals surface area contributed by atoms with Crippen LogP contribution < -0.4 is 0 Å². The van der Waals surface area contributed by atoms with Gasteiger partial charge in [0.2, 0.25) is 0 Å². The summed E-state index contributed by atoms with van der Waals surface area (Å²) in [7, 11) is -2.02. The summed E-state index contributed by atoms with van der Waals surface area (Å²) in [4.78, 5) is 0.197. The number of methoxy groups -OCH3 is 1. The summed E-state index contributed by atoms with van der Waals surface area (Å²) in [6.45, 7) is 4.12. The van der Waals surface area contributed by atoms with E-state index >= 15 is 0 Å². The maximum absolute atomic E-state index is 11.9. The van der Waals surface area contributed by atoms with E-state index in [1.807, 2.05) is 6.92 Å². The standard InChI is InChI=1S/C14H22O4S/c1-4-5-13(17-3)10-11-18-19(15,16)14-8-6-12(2)7-9-14/h6-9,13H,4-5,10-11H2,1-3H3. The van der Waals surface area contributed by atoms with Crippen LogP contribution in [0.4, 0.5) is 0 Å². The highest BCUT2D eigenvalue weighted by atomic mass is 32.2. The van der Waals surface area contributed by atoms with Gasteiger partial charge in [-0.3, -0.25) is 4.18 Å². The quantitative estimate of drug-likeness (QED) is 0.690. The molecule has 0 aliphatic rings. The SMILES string of the molecule is CCCC(CCOS(=O)(=O)c1ccc(C)cc1)OC. The summed E-state index contributed by atoms with van der Waals surface area (Å²) in [6, 6.07) is 6.63. The Labute approximate surface area is 115 Å². The maximum atomic E-state index is 11.9. The van der Waals surface area contributed by atoms with E-state index in [-0.39, 0.29) is 17.6 Å². The first kappa shape index (κ1) is 16.1. The molecule has 0 heterocycles. The summed E-state index contributed by atoms with van der Waals surface area (Å²) in [5.41, 5.74) is 1.02. The maximum Gasteiger partial charge on any atom is 0.296 e. The molecule has 0 aromatic heterocycles. The van der Waals surface area contributed by atoms with Crippen LogP contribution >= 0.6 is 0 Å². The summed E-state index contributed by atoms with van der Waals surface area (Å²) < 4.78 is 34.1. The zero-order valence-corrected chi connectivity index (χ0v) is 12.6. The van der Waals surface area contributed by atoms with Crippen LogP contribution in [0.25, 0.3) is 0 Å². The lowest BCUT2D eigenvalue weighted by Crippen LogP contribution is -2.16. The molecule has 1 rings (SSSR count). The second kappa shape index (κ2) is 7.62. The van der Waals surface area contributed by atoms with Gasteiger partial charge >= 0.3 is 0 Å². The van der Waals surface area contributed by atoms with Crippen LogP contribution in [0.5, 0.6) is 0 Å². The minimum Gasteiger partial charge on any atom is -0.381 e. The number of ether oxygens (including phenoxy) is 1. The Kier molecular flexibility index (Phi) is 6.48. The van der Waals surface area contributed by atoms with Gasteiger partial charge < -0.3 is 4.74 Å². The molecule has 19 heavy (non-hydrogen) atoms. The van der Waals surface area contributed by atoms with Crippen molar-refractivity contribution in [1.82, 2.24) is 0 Å². The van der Waals surface area contributed by atoms with E-state index in [0.29, 0.717) is 6.42 Å². The van der Waals surface area contributed by atoms with Crippen LogP contribution in [0.3, 0.4) is 0 Å². The van der Waals surface area contributed by atoms with Gasteiger partial charge in [0.1, 0.15) is 0 Å². The van der Waals surface area contributed by atoms with E-state index in [9.17, 15) is 8.42 Å². The predicted molar refractivity (Wildman–Crippen MR) is 74.6 cm³/mol. The van der Waals surface area contributed by atoms with Gasteiger partial charge in [-0.25, -0.2) is 0 Å². The molecule has 0 aliphatic carbocycles. The number of hydrogen-bond acceptors (Lipinski definition) is 4. The number of hydrogen-bond donors (Lipinski definition) is 0. The molecule has 1 unspecified atom stereocenters. The minimum atomic E-state index is -3.65. The molecule has 1 aromatic rings. The van der Waals surface area contributed by atoms with E-state index in [0.717, 1.165) is 18.4 Å². The van der Waals surface area contributed by atoms with Gasteiger partial charge in [0, 0.05) is 7.11 Å². The molecule has 4 nitrogen and oxygen atoms in total. The molecule has 0 saturated heterocycles. The molecule has 5 heteroatoms. The molecular formula is C14H22O4S. The van der Waals surface area contributed by atoms with Gasteiger partial charge in [-0.2, -0.15) is 8.42 Å². The average Bonchev–Trinajstić information content (AvgIpc) is 2.38. The molecule has 0 bridgehead atoms. The highest BCUT2D eigenvalue weighted by Crippen LogP contribution is 2.14. The van der Waals surface area contributed by atoms with Gasteiger partial charge in [-0.1, -0.05) is 31.0 Å². The Balaban J connectivity index is 2.54. The van der Waals surface area contributed by atoms with Crippen LogP contribution in [-0.2, 0) is 19.0 Å². The van der Waals surface area contributed by atoms with Crippen molar-refractivity contribution in [2.45, 2.75) is 44.1 Å². The zero-order chi connectivity index (χ0) is 14.3. The molecule has 0 radical (unpaired) electrons. The Morgan fingerprint density at radius 3 is 2.32 bits per heavy atom. The molecule has 0 N–H and O–H groups in total. The van der Waals surface area contributed by atoms with Crippen molar-refractivity contribution in [2.75, 3.05) is 13.7 Å². The fourth-order valence-electron chi connectivity index (χ4n) is 1.76. The van der Waals surface area contributed by atoms with Gasteiger partial charge in [-0.15, -0.1) is 0 Å². The van der Waals surface area contributed by atoms with Crippen molar-refractivity contribution >= 4 is 10.1 Å².